The zero-order valence-electron chi connectivity index (χ0n) is 16.6. The SMILES string of the molecule is COCCc1nsc(N2C(=O)[C@@H](N3CC(Oc4ccccc4Cl)=CC3=O)CC2C)n1. The Balaban J connectivity index is 1.45. The predicted octanol–water partition coefficient (Wildman–Crippen LogP) is 2.68. The van der Waals surface area contributed by atoms with Crippen molar-refractivity contribution in [1.82, 2.24) is 14.3 Å². The lowest BCUT2D eigenvalue weighted by atomic mass is 10.1. The molecule has 1 saturated heterocycles. The van der Waals surface area contributed by atoms with Crippen molar-refractivity contribution in [3.8, 4) is 5.75 Å². The van der Waals surface area contributed by atoms with Crippen molar-refractivity contribution in [2.75, 3.05) is 25.2 Å². The second kappa shape index (κ2) is 8.71. The normalized spacial score (nSPS) is 21.5. The molecular formula is C20H21ClN4O4S. The number of anilines is 1. The van der Waals surface area contributed by atoms with Gasteiger partial charge in [-0.1, -0.05) is 23.7 Å². The molecule has 1 fully saturated rings. The van der Waals surface area contributed by atoms with Crippen LogP contribution in [0.2, 0.25) is 5.02 Å². The zero-order valence-corrected chi connectivity index (χ0v) is 18.2. The molecule has 158 valence electrons. The smallest absolute Gasteiger partial charge is 0.251 e. The van der Waals surface area contributed by atoms with Crippen LogP contribution in [0.4, 0.5) is 5.13 Å². The molecule has 1 aromatic carbocycles. The second-order valence-corrected chi connectivity index (χ2v) is 8.29. The molecule has 1 unspecified atom stereocenters. The van der Waals surface area contributed by atoms with Gasteiger partial charge in [0.2, 0.25) is 5.13 Å². The molecule has 2 aliphatic rings. The van der Waals surface area contributed by atoms with Crippen molar-refractivity contribution >= 4 is 40.1 Å². The fourth-order valence-corrected chi connectivity index (χ4v) is 4.59. The topological polar surface area (TPSA) is 84.9 Å². The van der Waals surface area contributed by atoms with E-state index in [0.29, 0.717) is 46.9 Å². The molecule has 2 atom stereocenters. The quantitative estimate of drug-likeness (QED) is 0.647. The Morgan fingerprint density at radius 3 is 2.87 bits per heavy atom. The lowest BCUT2D eigenvalue weighted by Gasteiger charge is -2.23. The number of methoxy groups -OCH3 is 1. The van der Waals surface area contributed by atoms with Gasteiger partial charge in [-0.3, -0.25) is 14.5 Å². The standard InChI is InChI=1S/C20H21ClN4O4S/c1-12-9-15(19(27)25(12)20-22-17(23-30-20)7-8-28-2)24-11-13(10-18(24)26)29-16-6-4-3-5-14(16)21/h3-6,10,12,15H,7-9,11H2,1-2H3/t12?,15-/m0/s1. The summed E-state index contributed by atoms with van der Waals surface area (Å²) in [7, 11) is 1.62. The number of ether oxygens (including phenoxy) is 2. The third kappa shape index (κ3) is 4.05. The first-order valence-corrected chi connectivity index (χ1v) is 10.7. The van der Waals surface area contributed by atoms with Crippen LogP contribution in [0.1, 0.15) is 19.2 Å². The molecule has 2 aliphatic heterocycles. The number of halogens is 1. The molecule has 0 aliphatic carbocycles. The Morgan fingerprint density at radius 2 is 2.10 bits per heavy atom. The summed E-state index contributed by atoms with van der Waals surface area (Å²) in [4.78, 5) is 33.4. The van der Waals surface area contributed by atoms with Gasteiger partial charge >= 0.3 is 0 Å². The fourth-order valence-electron chi connectivity index (χ4n) is 3.59. The molecule has 2 amide bonds. The molecule has 8 nitrogen and oxygen atoms in total. The molecule has 0 bridgehead atoms. The highest BCUT2D eigenvalue weighted by Gasteiger charge is 2.45. The van der Waals surface area contributed by atoms with E-state index in [4.69, 9.17) is 21.1 Å². The van der Waals surface area contributed by atoms with E-state index in [0.717, 1.165) is 0 Å². The van der Waals surface area contributed by atoms with Crippen molar-refractivity contribution in [2.45, 2.75) is 31.8 Å². The van der Waals surface area contributed by atoms with E-state index in [1.165, 1.54) is 22.5 Å². The number of hydrogen-bond acceptors (Lipinski definition) is 7. The lowest BCUT2D eigenvalue weighted by Crippen LogP contribution is -2.43. The van der Waals surface area contributed by atoms with E-state index >= 15 is 0 Å². The van der Waals surface area contributed by atoms with Crippen molar-refractivity contribution in [2.24, 2.45) is 0 Å². The van der Waals surface area contributed by atoms with Crippen LogP contribution in [-0.2, 0) is 20.7 Å². The monoisotopic (exact) mass is 448 g/mol. The van der Waals surface area contributed by atoms with Crippen LogP contribution in [0.5, 0.6) is 5.75 Å². The van der Waals surface area contributed by atoms with Gasteiger partial charge in [0, 0.05) is 37.2 Å². The minimum Gasteiger partial charge on any atom is -0.458 e. The first kappa shape index (κ1) is 20.8. The van der Waals surface area contributed by atoms with Gasteiger partial charge in [0.1, 0.15) is 23.4 Å². The minimum absolute atomic E-state index is 0.0907. The van der Waals surface area contributed by atoms with Crippen LogP contribution >= 0.6 is 23.1 Å². The molecule has 0 N–H and O–H groups in total. The Kier molecular flexibility index (Phi) is 6.03. The first-order valence-electron chi connectivity index (χ1n) is 9.56. The largest absolute Gasteiger partial charge is 0.458 e. The Labute approximate surface area is 183 Å². The third-order valence-electron chi connectivity index (χ3n) is 5.07. The van der Waals surface area contributed by atoms with Gasteiger partial charge in [-0.2, -0.15) is 4.37 Å². The van der Waals surface area contributed by atoms with Gasteiger partial charge < -0.3 is 14.4 Å². The molecule has 2 aromatic rings. The highest BCUT2D eigenvalue weighted by Crippen LogP contribution is 2.33. The number of rotatable bonds is 7. The number of nitrogens with zero attached hydrogens (tertiary/aromatic N) is 4. The van der Waals surface area contributed by atoms with E-state index in [1.807, 2.05) is 6.92 Å². The van der Waals surface area contributed by atoms with Gasteiger partial charge in [-0.25, -0.2) is 4.98 Å². The minimum atomic E-state index is -0.567. The van der Waals surface area contributed by atoms with Crippen LogP contribution in [0, 0.1) is 0 Å². The van der Waals surface area contributed by atoms with Crippen LogP contribution in [0.15, 0.2) is 36.1 Å². The summed E-state index contributed by atoms with van der Waals surface area (Å²) < 4.78 is 15.1. The average Bonchev–Trinajstić information content (AvgIpc) is 3.39. The summed E-state index contributed by atoms with van der Waals surface area (Å²) in [5.74, 6) is 1.19. The lowest BCUT2D eigenvalue weighted by molar-refractivity contribution is -0.133. The predicted molar refractivity (Wildman–Crippen MR) is 113 cm³/mol. The molecule has 10 heteroatoms. The molecule has 0 spiro atoms. The van der Waals surface area contributed by atoms with E-state index in [9.17, 15) is 9.59 Å². The third-order valence-corrected chi connectivity index (χ3v) is 6.13. The van der Waals surface area contributed by atoms with Crippen molar-refractivity contribution in [3.05, 3.63) is 46.9 Å². The van der Waals surface area contributed by atoms with Crippen LogP contribution in [-0.4, -0.2) is 58.4 Å². The fraction of sp³-hybridized carbons (Fsp3) is 0.400. The number of para-hydroxylation sites is 1. The Hall–Kier alpha value is -2.49. The zero-order chi connectivity index (χ0) is 21.3. The number of carbonyl (C=O) groups excluding carboxylic acids is 2. The number of hydrogen-bond donors (Lipinski definition) is 0. The summed E-state index contributed by atoms with van der Waals surface area (Å²) in [5, 5.41) is 1.01. The number of benzene rings is 1. The summed E-state index contributed by atoms with van der Waals surface area (Å²) in [6, 6.07) is 6.40. The molecule has 0 saturated carbocycles. The number of aromatic nitrogens is 2. The van der Waals surface area contributed by atoms with Gasteiger partial charge in [-0.05, 0) is 25.5 Å². The molecule has 4 rings (SSSR count). The summed E-state index contributed by atoms with van der Waals surface area (Å²) >= 11 is 7.32. The summed E-state index contributed by atoms with van der Waals surface area (Å²) in [6.45, 7) is 2.68. The molecule has 3 heterocycles. The van der Waals surface area contributed by atoms with Gasteiger partial charge in [0.05, 0.1) is 18.2 Å². The number of amides is 2. The molecule has 30 heavy (non-hydrogen) atoms. The van der Waals surface area contributed by atoms with E-state index in [-0.39, 0.29) is 24.4 Å². The highest BCUT2D eigenvalue weighted by molar-refractivity contribution is 7.10. The van der Waals surface area contributed by atoms with Gasteiger partial charge in [-0.15, -0.1) is 0 Å². The maximum absolute atomic E-state index is 13.2. The molecule has 1 aromatic heterocycles. The van der Waals surface area contributed by atoms with Crippen LogP contribution in [0.25, 0.3) is 0 Å². The van der Waals surface area contributed by atoms with Crippen LogP contribution < -0.4 is 9.64 Å². The summed E-state index contributed by atoms with van der Waals surface area (Å²) in [5.41, 5.74) is 0. The Morgan fingerprint density at radius 1 is 1.30 bits per heavy atom. The van der Waals surface area contributed by atoms with E-state index in [1.54, 1.807) is 36.3 Å². The highest BCUT2D eigenvalue weighted by atomic mass is 35.5. The molecular weight excluding hydrogens is 428 g/mol. The summed E-state index contributed by atoms with van der Waals surface area (Å²) in [6.07, 6.45) is 2.52. The van der Waals surface area contributed by atoms with Gasteiger partial charge in [0.15, 0.2) is 0 Å². The van der Waals surface area contributed by atoms with Crippen molar-refractivity contribution in [3.63, 3.8) is 0 Å². The van der Waals surface area contributed by atoms with Crippen molar-refractivity contribution in [1.29, 1.82) is 0 Å². The van der Waals surface area contributed by atoms with Crippen LogP contribution in [0.3, 0.4) is 0 Å². The Bertz CT molecular complexity index is 995. The van der Waals surface area contributed by atoms with E-state index in [2.05, 4.69) is 9.36 Å². The van der Waals surface area contributed by atoms with Crippen molar-refractivity contribution < 1.29 is 19.1 Å². The second-order valence-electron chi connectivity index (χ2n) is 7.15. The first-order chi connectivity index (χ1) is 14.5. The number of carbonyl (C=O) groups is 2. The maximum Gasteiger partial charge on any atom is 0.251 e. The molecule has 0 radical (unpaired) electrons. The van der Waals surface area contributed by atoms with Gasteiger partial charge in [0.25, 0.3) is 11.8 Å². The van der Waals surface area contributed by atoms with E-state index < -0.39 is 6.04 Å². The average molecular weight is 449 g/mol. The maximum atomic E-state index is 13.2.